The maximum atomic E-state index is 5.48. The second-order valence-electron chi connectivity index (χ2n) is 3.43. The fraction of sp³-hybridized carbons (Fsp3) is 0.333. The molecule has 0 amide bonds. The van der Waals surface area contributed by atoms with Crippen LogP contribution in [0.3, 0.4) is 0 Å². The second kappa shape index (κ2) is 4.80. The van der Waals surface area contributed by atoms with Gasteiger partial charge in [-0.25, -0.2) is 0 Å². The summed E-state index contributed by atoms with van der Waals surface area (Å²) >= 11 is 0. The van der Waals surface area contributed by atoms with Crippen molar-refractivity contribution in [2.45, 2.75) is 26.3 Å². The van der Waals surface area contributed by atoms with Gasteiger partial charge in [0.2, 0.25) is 0 Å². The van der Waals surface area contributed by atoms with Crippen LogP contribution in [-0.2, 0) is 0 Å². The molecule has 2 nitrogen and oxygen atoms in total. The van der Waals surface area contributed by atoms with E-state index in [0.717, 1.165) is 0 Å². The lowest BCUT2D eigenvalue weighted by atomic mass is 9.95. The molecule has 0 aliphatic carbocycles. The molecular weight excluding hydrogens is 172 g/mol. The van der Waals surface area contributed by atoms with Gasteiger partial charge in [0.15, 0.2) is 0 Å². The van der Waals surface area contributed by atoms with Crippen LogP contribution >= 0.6 is 0 Å². The van der Waals surface area contributed by atoms with Crippen molar-refractivity contribution in [3.8, 4) is 12.3 Å². The lowest BCUT2D eigenvalue weighted by Crippen LogP contribution is -2.28. The van der Waals surface area contributed by atoms with Gasteiger partial charge in [0.25, 0.3) is 0 Å². The first-order chi connectivity index (χ1) is 6.70. The van der Waals surface area contributed by atoms with Gasteiger partial charge in [0, 0.05) is 6.42 Å². The first-order valence-corrected chi connectivity index (χ1v) is 4.66. The molecule has 0 radical (unpaired) electrons. The molecule has 1 aromatic carbocycles. The SMILES string of the molecule is C#CCC(NN)c1c(C)cccc1C. The van der Waals surface area contributed by atoms with Crippen molar-refractivity contribution in [1.29, 1.82) is 0 Å². The monoisotopic (exact) mass is 188 g/mol. The van der Waals surface area contributed by atoms with Gasteiger partial charge in [-0.2, -0.15) is 0 Å². The molecule has 1 rings (SSSR count). The Morgan fingerprint density at radius 2 is 2.00 bits per heavy atom. The molecule has 0 aliphatic heterocycles. The zero-order valence-corrected chi connectivity index (χ0v) is 8.67. The van der Waals surface area contributed by atoms with E-state index in [1.165, 1.54) is 16.7 Å². The fourth-order valence-electron chi connectivity index (χ4n) is 1.74. The number of rotatable bonds is 3. The average molecular weight is 188 g/mol. The van der Waals surface area contributed by atoms with Gasteiger partial charge in [0.1, 0.15) is 0 Å². The molecule has 1 atom stereocenters. The summed E-state index contributed by atoms with van der Waals surface area (Å²) in [6, 6.07) is 6.24. The quantitative estimate of drug-likeness (QED) is 0.431. The fourth-order valence-corrected chi connectivity index (χ4v) is 1.74. The molecule has 0 aromatic heterocycles. The van der Waals surface area contributed by atoms with E-state index in [-0.39, 0.29) is 6.04 Å². The highest BCUT2D eigenvalue weighted by atomic mass is 15.2. The molecule has 14 heavy (non-hydrogen) atoms. The van der Waals surface area contributed by atoms with Gasteiger partial charge >= 0.3 is 0 Å². The Morgan fingerprint density at radius 3 is 2.43 bits per heavy atom. The Labute approximate surface area is 85.5 Å². The van der Waals surface area contributed by atoms with Crippen molar-refractivity contribution < 1.29 is 0 Å². The predicted octanol–water partition coefficient (Wildman–Crippen LogP) is 1.83. The molecule has 0 aliphatic rings. The third-order valence-electron chi connectivity index (χ3n) is 2.41. The van der Waals surface area contributed by atoms with E-state index >= 15 is 0 Å². The Bertz CT molecular complexity index is 330. The predicted molar refractivity (Wildman–Crippen MR) is 59.4 cm³/mol. The summed E-state index contributed by atoms with van der Waals surface area (Å²) in [6.45, 7) is 4.15. The molecule has 0 bridgehead atoms. The van der Waals surface area contributed by atoms with E-state index in [2.05, 4.69) is 37.3 Å². The largest absolute Gasteiger partial charge is 0.271 e. The molecule has 3 N–H and O–H groups in total. The molecule has 0 fully saturated rings. The Hall–Kier alpha value is -1.30. The smallest absolute Gasteiger partial charge is 0.0574 e. The lowest BCUT2D eigenvalue weighted by molar-refractivity contribution is 0.562. The van der Waals surface area contributed by atoms with Crippen LogP contribution in [-0.4, -0.2) is 0 Å². The van der Waals surface area contributed by atoms with E-state index in [4.69, 9.17) is 12.3 Å². The molecule has 74 valence electrons. The van der Waals surface area contributed by atoms with Crippen molar-refractivity contribution in [3.05, 3.63) is 34.9 Å². The molecule has 1 unspecified atom stereocenters. The van der Waals surface area contributed by atoms with E-state index in [1.54, 1.807) is 0 Å². The van der Waals surface area contributed by atoms with Crippen molar-refractivity contribution in [1.82, 2.24) is 5.43 Å². The minimum atomic E-state index is 0.0567. The van der Waals surface area contributed by atoms with Crippen molar-refractivity contribution in [2.24, 2.45) is 5.84 Å². The van der Waals surface area contributed by atoms with Gasteiger partial charge in [-0.1, -0.05) is 18.2 Å². The Balaban J connectivity index is 3.09. The number of hydrazine groups is 1. The van der Waals surface area contributed by atoms with E-state index in [0.29, 0.717) is 6.42 Å². The summed E-state index contributed by atoms with van der Waals surface area (Å²) in [5.74, 6) is 8.11. The van der Waals surface area contributed by atoms with Crippen LogP contribution < -0.4 is 11.3 Å². The topological polar surface area (TPSA) is 38.0 Å². The van der Waals surface area contributed by atoms with E-state index in [1.807, 2.05) is 6.07 Å². The summed E-state index contributed by atoms with van der Waals surface area (Å²) in [5.41, 5.74) is 6.42. The number of hydrogen-bond donors (Lipinski definition) is 2. The van der Waals surface area contributed by atoms with Crippen molar-refractivity contribution in [3.63, 3.8) is 0 Å². The minimum absolute atomic E-state index is 0.0567. The van der Waals surface area contributed by atoms with Gasteiger partial charge in [0.05, 0.1) is 6.04 Å². The highest BCUT2D eigenvalue weighted by Crippen LogP contribution is 2.23. The molecule has 0 saturated heterocycles. The third-order valence-corrected chi connectivity index (χ3v) is 2.41. The number of terminal acetylenes is 1. The van der Waals surface area contributed by atoms with Crippen molar-refractivity contribution >= 4 is 0 Å². The molecule has 0 saturated carbocycles. The third kappa shape index (κ3) is 2.14. The number of benzene rings is 1. The lowest BCUT2D eigenvalue weighted by Gasteiger charge is -2.18. The van der Waals surface area contributed by atoms with Crippen LogP contribution in [0.15, 0.2) is 18.2 Å². The van der Waals surface area contributed by atoms with Crippen LogP contribution in [0, 0.1) is 26.2 Å². The number of nitrogens with one attached hydrogen (secondary N) is 1. The van der Waals surface area contributed by atoms with E-state index < -0.39 is 0 Å². The second-order valence-corrected chi connectivity index (χ2v) is 3.43. The number of hydrogen-bond acceptors (Lipinski definition) is 2. The van der Waals surface area contributed by atoms with Gasteiger partial charge < -0.3 is 0 Å². The summed E-state index contributed by atoms with van der Waals surface area (Å²) in [7, 11) is 0. The molecule has 2 heteroatoms. The molecular formula is C12H16N2. The average Bonchev–Trinajstić information content (AvgIpc) is 2.16. The highest BCUT2D eigenvalue weighted by Gasteiger charge is 2.12. The van der Waals surface area contributed by atoms with Gasteiger partial charge in [-0.15, -0.1) is 12.3 Å². The number of nitrogens with two attached hydrogens (primary N) is 1. The van der Waals surface area contributed by atoms with Crippen LogP contribution in [0.2, 0.25) is 0 Å². The highest BCUT2D eigenvalue weighted by molar-refractivity contribution is 5.36. The van der Waals surface area contributed by atoms with Crippen LogP contribution in [0.25, 0.3) is 0 Å². The first kappa shape index (κ1) is 10.8. The van der Waals surface area contributed by atoms with Crippen LogP contribution in [0.1, 0.15) is 29.2 Å². The van der Waals surface area contributed by atoms with Crippen molar-refractivity contribution in [2.75, 3.05) is 0 Å². The van der Waals surface area contributed by atoms with Crippen LogP contribution in [0.4, 0.5) is 0 Å². The molecule has 0 spiro atoms. The normalized spacial score (nSPS) is 12.1. The summed E-state index contributed by atoms with van der Waals surface area (Å²) < 4.78 is 0. The molecule has 0 heterocycles. The zero-order chi connectivity index (χ0) is 10.6. The Kier molecular flexibility index (Phi) is 3.70. The van der Waals surface area contributed by atoms with Crippen LogP contribution in [0.5, 0.6) is 0 Å². The summed E-state index contributed by atoms with van der Waals surface area (Å²) in [4.78, 5) is 0. The summed E-state index contributed by atoms with van der Waals surface area (Å²) in [6.07, 6.45) is 5.91. The zero-order valence-electron chi connectivity index (χ0n) is 8.67. The first-order valence-electron chi connectivity index (χ1n) is 4.66. The van der Waals surface area contributed by atoms with E-state index in [9.17, 15) is 0 Å². The maximum absolute atomic E-state index is 5.48. The molecule has 1 aromatic rings. The Morgan fingerprint density at radius 1 is 1.43 bits per heavy atom. The minimum Gasteiger partial charge on any atom is -0.271 e. The number of aryl methyl sites for hydroxylation is 2. The summed E-state index contributed by atoms with van der Waals surface area (Å²) in [5, 5.41) is 0. The van der Waals surface area contributed by atoms with Gasteiger partial charge in [-0.05, 0) is 30.5 Å². The van der Waals surface area contributed by atoms with Gasteiger partial charge in [-0.3, -0.25) is 11.3 Å². The standard InChI is InChI=1S/C12H16N2/c1-4-6-11(14-13)12-9(2)7-5-8-10(12)3/h1,5,7-8,11,14H,6,13H2,2-3H3. The maximum Gasteiger partial charge on any atom is 0.0574 e.